The summed E-state index contributed by atoms with van der Waals surface area (Å²) in [7, 11) is 1.73. The zero-order valence-corrected chi connectivity index (χ0v) is 13.2. The van der Waals surface area contributed by atoms with Crippen LogP contribution in [0.4, 0.5) is 0 Å². The second-order valence-electron chi connectivity index (χ2n) is 5.61. The highest BCUT2D eigenvalue weighted by atomic mass is 16.5. The molecule has 1 unspecified atom stereocenters. The maximum Gasteiger partial charge on any atom is 0.122 e. The van der Waals surface area contributed by atoms with Crippen molar-refractivity contribution in [3.8, 4) is 5.75 Å². The standard InChI is InChI=1S/C19H25NO/c1-15-8-10-17(11-9-15)12-13-20-16(2)14-18-6-4-5-7-19(18)21-3/h4-11,16,20H,12-14H2,1-3H3. The van der Waals surface area contributed by atoms with E-state index in [-0.39, 0.29) is 0 Å². The van der Waals surface area contributed by atoms with E-state index in [4.69, 9.17) is 4.74 Å². The summed E-state index contributed by atoms with van der Waals surface area (Å²) in [5.41, 5.74) is 3.96. The number of aryl methyl sites for hydroxylation is 1. The third kappa shape index (κ3) is 4.91. The molecule has 2 rings (SSSR count). The summed E-state index contributed by atoms with van der Waals surface area (Å²) >= 11 is 0. The van der Waals surface area contributed by atoms with Crippen molar-refractivity contribution in [2.24, 2.45) is 0 Å². The number of nitrogens with one attached hydrogen (secondary N) is 1. The molecule has 112 valence electrons. The highest BCUT2D eigenvalue weighted by Crippen LogP contribution is 2.18. The number of hydrogen-bond acceptors (Lipinski definition) is 2. The van der Waals surface area contributed by atoms with E-state index in [0.29, 0.717) is 6.04 Å². The van der Waals surface area contributed by atoms with Gasteiger partial charge in [0.25, 0.3) is 0 Å². The van der Waals surface area contributed by atoms with Gasteiger partial charge in [0.15, 0.2) is 0 Å². The van der Waals surface area contributed by atoms with E-state index in [9.17, 15) is 0 Å². The third-order valence-electron chi connectivity index (χ3n) is 3.75. The van der Waals surface area contributed by atoms with Gasteiger partial charge in [-0.2, -0.15) is 0 Å². The molecule has 2 aromatic carbocycles. The van der Waals surface area contributed by atoms with E-state index in [0.717, 1.165) is 25.1 Å². The monoisotopic (exact) mass is 283 g/mol. The molecule has 0 radical (unpaired) electrons. The average Bonchev–Trinajstić information content (AvgIpc) is 2.50. The summed E-state index contributed by atoms with van der Waals surface area (Å²) in [4.78, 5) is 0. The smallest absolute Gasteiger partial charge is 0.122 e. The lowest BCUT2D eigenvalue weighted by atomic mass is 10.1. The van der Waals surface area contributed by atoms with Crippen molar-refractivity contribution < 1.29 is 4.74 Å². The molecule has 1 N–H and O–H groups in total. The molecule has 0 bridgehead atoms. The van der Waals surface area contributed by atoms with E-state index >= 15 is 0 Å². The predicted molar refractivity (Wildman–Crippen MR) is 89.0 cm³/mol. The molecular formula is C19H25NO. The van der Waals surface area contributed by atoms with Gasteiger partial charge in [0.2, 0.25) is 0 Å². The second kappa shape index (κ2) is 7.84. The zero-order valence-electron chi connectivity index (χ0n) is 13.2. The number of rotatable bonds is 7. The van der Waals surface area contributed by atoms with Gasteiger partial charge in [-0.3, -0.25) is 0 Å². The van der Waals surface area contributed by atoms with Crippen molar-refractivity contribution in [3.63, 3.8) is 0 Å². The zero-order chi connectivity index (χ0) is 15.1. The van der Waals surface area contributed by atoms with Crippen LogP contribution >= 0.6 is 0 Å². The number of benzene rings is 2. The lowest BCUT2D eigenvalue weighted by Gasteiger charge is -2.16. The molecule has 2 heteroatoms. The second-order valence-corrected chi connectivity index (χ2v) is 5.61. The summed E-state index contributed by atoms with van der Waals surface area (Å²) in [5.74, 6) is 0.977. The van der Waals surface area contributed by atoms with Gasteiger partial charge in [-0.05, 0) is 50.4 Å². The molecule has 0 aliphatic heterocycles. The Morgan fingerprint density at radius 1 is 1.05 bits per heavy atom. The van der Waals surface area contributed by atoms with Crippen LogP contribution in [0.25, 0.3) is 0 Å². The summed E-state index contributed by atoms with van der Waals surface area (Å²) in [6.45, 7) is 5.35. The topological polar surface area (TPSA) is 21.3 Å². The number of ether oxygens (including phenoxy) is 1. The fourth-order valence-corrected chi connectivity index (χ4v) is 2.49. The average molecular weight is 283 g/mol. The molecule has 2 nitrogen and oxygen atoms in total. The SMILES string of the molecule is COc1ccccc1CC(C)NCCc1ccc(C)cc1. The van der Waals surface area contributed by atoms with E-state index in [1.54, 1.807) is 7.11 Å². The van der Waals surface area contributed by atoms with Crippen LogP contribution in [0.3, 0.4) is 0 Å². The number of methoxy groups -OCH3 is 1. The normalized spacial score (nSPS) is 12.1. The van der Waals surface area contributed by atoms with Crippen LogP contribution in [0, 0.1) is 6.92 Å². The van der Waals surface area contributed by atoms with Crippen molar-refractivity contribution in [3.05, 3.63) is 65.2 Å². The summed E-state index contributed by atoms with van der Waals surface area (Å²) in [6.07, 6.45) is 2.05. The molecule has 2 aromatic rings. The molecule has 0 aromatic heterocycles. The minimum Gasteiger partial charge on any atom is -0.496 e. The van der Waals surface area contributed by atoms with Gasteiger partial charge in [-0.1, -0.05) is 48.0 Å². The van der Waals surface area contributed by atoms with Crippen LogP contribution in [-0.2, 0) is 12.8 Å². The lowest BCUT2D eigenvalue weighted by Crippen LogP contribution is -2.30. The third-order valence-corrected chi connectivity index (χ3v) is 3.75. The van der Waals surface area contributed by atoms with Crippen molar-refractivity contribution in [1.29, 1.82) is 0 Å². The lowest BCUT2D eigenvalue weighted by molar-refractivity contribution is 0.406. The maximum atomic E-state index is 5.40. The molecule has 0 spiro atoms. The van der Waals surface area contributed by atoms with Crippen molar-refractivity contribution in [2.45, 2.75) is 32.7 Å². The quantitative estimate of drug-likeness (QED) is 0.835. The molecule has 0 saturated heterocycles. The number of para-hydroxylation sites is 1. The van der Waals surface area contributed by atoms with Crippen molar-refractivity contribution >= 4 is 0 Å². The minimum atomic E-state index is 0.437. The summed E-state index contributed by atoms with van der Waals surface area (Å²) in [5, 5.41) is 3.59. The molecule has 0 heterocycles. The van der Waals surface area contributed by atoms with Crippen molar-refractivity contribution in [1.82, 2.24) is 5.32 Å². The first-order valence-electron chi connectivity index (χ1n) is 7.60. The Kier molecular flexibility index (Phi) is 5.82. The Labute approximate surface area is 128 Å². The number of hydrogen-bond donors (Lipinski definition) is 1. The van der Waals surface area contributed by atoms with E-state index in [1.807, 2.05) is 12.1 Å². The molecule has 0 saturated carbocycles. The van der Waals surface area contributed by atoms with Crippen LogP contribution in [-0.4, -0.2) is 19.7 Å². The van der Waals surface area contributed by atoms with Gasteiger partial charge >= 0.3 is 0 Å². The molecular weight excluding hydrogens is 258 g/mol. The van der Waals surface area contributed by atoms with Crippen LogP contribution in [0.2, 0.25) is 0 Å². The van der Waals surface area contributed by atoms with Gasteiger partial charge in [0.05, 0.1) is 7.11 Å². The highest BCUT2D eigenvalue weighted by Gasteiger charge is 2.07. The van der Waals surface area contributed by atoms with Gasteiger partial charge in [0.1, 0.15) is 5.75 Å². The Hall–Kier alpha value is -1.80. The highest BCUT2D eigenvalue weighted by molar-refractivity contribution is 5.33. The molecule has 1 atom stereocenters. The Bertz CT molecular complexity index is 548. The molecule has 0 fully saturated rings. The summed E-state index contributed by atoms with van der Waals surface area (Å²) < 4.78 is 5.40. The predicted octanol–water partition coefficient (Wildman–Crippen LogP) is 3.77. The molecule has 0 amide bonds. The van der Waals surface area contributed by atoms with E-state index < -0.39 is 0 Å². The van der Waals surface area contributed by atoms with Crippen LogP contribution in [0.5, 0.6) is 5.75 Å². The Balaban J connectivity index is 1.79. The molecule has 0 aliphatic carbocycles. The van der Waals surface area contributed by atoms with Crippen molar-refractivity contribution in [2.75, 3.05) is 13.7 Å². The van der Waals surface area contributed by atoms with E-state index in [2.05, 4.69) is 55.6 Å². The Morgan fingerprint density at radius 2 is 1.76 bits per heavy atom. The van der Waals surface area contributed by atoms with Gasteiger partial charge in [0, 0.05) is 6.04 Å². The van der Waals surface area contributed by atoms with Crippen LogP contribution in [0.1, 0.15) is 23.6 Å². The largest absolute Gasteiger partial charge is 0.496 e. The fourth-order valence-electron chi connectivity index (χ4n) is 2.49. The first kappa shape index (κ1) is 15.6. The van der Waals surface area contributed by atoms with E-state index in [1.165, 1.54) is 16.7 Å². The van der Waals surface area contributed by atoms with Gasteiger partial charge in [-0.15, -0.1) is 0 Å². The maximum absolute atomic E-state index is 5.40. The first-order valence-corrected chi connectivity index (χ1v) is 7.60. The first-order chi connectivity index (χ1) is 10.2. The van der Waals surface area contributed by atoms with Gasteiger partial charge in [-0.25, -0.2) is 0 Å². The molecule has 0 aliphatic rings. The minimum absolute atomic E-state index is 0.437. The Morgan fingerprint density at radius 3 is 2.48 bits per heavy atom. The van der Waals surface area contributed by atoms with Crippen LogP contribution in [0.15, 0.2) is 48.5 Å². The van der Waals surface area contributed by atoms with Gasteiger partial charge < -0.3 is 10.1 Å². The fraction of sp³-hybridized carbons (Fsp3) is 0.368. The summed E-state index contributed by atoms with van der Waals surface area (Å²) in [6, 6.07) is 17.4. The van der Waals surface area contributed by atoms with Crippen LogP contribution < -0.4 is 10.1 Å². The molecule has 21 heavy (non-hydrogen) atoms.